The molecule has 0 unspecified atom stereocenters. The molecule has 29 heavy (non-hydrogen) atoms. The molecule has 0 bridgehead atoms. The summed E-state index contributed by atoms with van der Waals surface area (Å²) in [6.07, 6.45) is -3.72. The van der Waals surface area contributed by atoms with E-state index >= 15 is 0 Å². The fourth-order valence-electron chi connectivity index (χ4n) is 2.93. The molecule has 0 saturated heterocycles. The maximum atomic E-state index is 13.4. The summed E-state index contributed by atoms with van der Waals surface area (Å²) in [5, 5.41) is 2.28. The topological polar surface area (TPSA) is 66.5 Å². The van der Waals surface area contributed by atoms with Crippen LogP contribution in [0.25, 0.3) is 0 Å². The number of alkyl halides is 3. The van der Waals surface area contributed by atoms with Crippen LogP contribution in [0.5, 0.6) is 0 Å². The Bertz CT molecular complexity index is 1020. The molecule has 0 aliphatic heterocycles. The summed E-state index contributed by atoms with van der Waals surface area (Å²) in [4.78, 5) is 10.8. The van der Waals surface area contributed by atoms with Crippen molar-refractivity contribution in [1.82, 2.24) is 9.62 Å². The fraction of sp³-hybridized carbons (Fsp3) is 0.316. The number of carbonyl (C=O) groups is 1. The van der Waals surface area contributed by atoms with E-state index in [1.54, 1.807) is 12.1 Å². The Morgan fingerprint density at radius 2 is 1.79 bits per heavy atom. The molecule has 0 heterocycles. The van der Waals surface area contributed by atoms with Gasteiger partial charge in [-0.1, -0.05) is 23.7 Å². The van der Waals surface area contributed by atoms with Gasteiger partial charge in [0, 0.05) is 30.2 Å². The molecule has 1 aliphatic carbocycles. The van der Waals surface area contributed by atoms with E-state index < -0.39 is 26.7 Å². The lowest BCUT2D eigenvalue weighted by Gasteiger charge is -2.24. The van der Waals surface area contributed by atoms with Crippen LogP contribution in [0.15, 0.2) is 47.4 Å². The molecule has 0 atom stereocenters. The Morgan fingerprint density at radius 1 is 1.17 bits per heavy atom. The van der Waals surface area contributed by atoms with E-state index in [9.17, 15) is 26.4 Å². The number of amides is 1. The molecule has 1 fully saturated rings. The van der Waals surface area contributed by atoms with Gasteiger partial charge < -0.3 is 5.32 Å². The standard InChI is InChI=1S/C19H18ClF3N2O3S/c1-24-18(26)13-4-2-12(3-5-13)11-25(15-7-8-15)29(27,28)17-9-6-14(20)10-16(17)19(21,22)23/h2-6,9-10,15H,7-8,11H2,1H3,(H,24,26). The first-order chi connectivity index (χ1) is 13.5. The van der Waals surface area contributed by atoms with E-state index in [1.807, 2.05) is 0 Å². The lowest BCUT2D eigenvalue weighted by molar-refractivity contribution is -0.139. The van der Waals surface area contributed by atoms with Crippen molar-refractivity contribution in [1.29, 1.82) is 0 Å². The van der Waals surface area contributed by atoms with Crippen LogP contribution in [-0.4, -0.2) is 31.7 Å². The minimum absolute atomic E-state index is 0.0963. The van der Waals surface area contributed by atoms with Crippen molar-refractivity contribution in [3.8, 4) is 0 Å². The van der Waals surface area contributed by atoms with Crippen molar-refractivity contribution in [2.45, 2.75) is 36.5 Å². The monoisotopic (exact) mass is 446 g/mol. The van der Waals surface area contributed by atoms with Crippen LogP contribution < -0.4 is 5.32 Å². The lowest BCUT2D eigenvalue weighted by Crippen LogP contribution is -2.34. The highest BCUT2D eigenvalue weighted by Gasteiger charge is 2.43. The van der Waals surface area contributed by atoms with Gasteiger partial charge in [0.05, 0.1) is 10.5 Å². The second kappa shape index (κ2) is 7.97. The summed E-state index contributed by atoms with van der Waals surface area (Å²) in [6, 6.07) is 8.53. The summed E-state index contributed by atoms with van der Waals surface area (Å²) < 4.78 is 67.7. The van der Waals surface area contributed by atoms with E-state index in [0.717, 1.165) is 16.4 Å². The second-order valence-corrected chi connectivity index (χ2v) is 8.99. The molecule has 0 radical (unpaired) electrons. The van der Waals surface area contributed by atoms with E-state index in [0.29, 0.717) is 30.0 Å². The number of carbonyl (C=O) groups excluding carboxylic acids is 1. The van der Waals surface area contributed by atoms with Crippen LogP contribution in [0.1, 0.15) is 34.3 Å². The quantitative estimate of drug-likeness (QED) is 0.727. The molecule has 1 N–H and O–H groups in total. The highest BCUT2D eigenvalue weighted by Crippen LogP contribution is 2.40. The van der Waals surface area contributed by atoms with Gasteiger partial charge in [-0.15, -0.1) is 0 Å². The predicted octanol–water partition coefficient (Wildman–Crippen LogP) is 4.07. The number of sulfonamides is 1. The summed E-state index contributed by atoms with van der Waals surface area (Å²) >= 11 is 5.67. The summed E-state index contributed by atoms with van der Waals surface area (Å²) in [6.45, 7) is -0.0963. The first kappa shape index (κ1) is 21.6. The molecular formula is C19H18ClF3N2O3S. The lowest BCUT2D eigenvalue weighted by atomic mass is 10.1. The van der Waals surface area contributed by atoms with Gasteiger partial charge in [0.25, 0.3) is 5.91 Å². The molecule has 1 aliphatic rings. The molecule has 10 heteroatoms. The number of hydrogen-bond acceptors (Lipinski definition) is 3. The van der Waals surface area contributed by atoms with Crippen molar-refractivity contribution in [2.24, 2.45) is 0 Å². The van der Waals surface area contributed by atoms with Crippen LogP contribution in [0.4, 0.5) is 13.2 Å². The smallest absolute Gasteiger partial charge is 0.355 e. The van der Waals surface area contributed by atoms with Gasteiger partial charge in [-0.3, -0.25) is 4.79 Å². The first-order valence-corrected chi connectivity index (χ1v) is 10.6. The van der Waals surface area contributed by atoms with Gasteiger partial charge in [-0.25, -0.2) is 8.42 Å². The van der Waals surface area contributed by atoms with Crippen molar-refractivity contribution in [3.05, 3.63) is 64.2 Å². The van der Waals surface area contributed by atoms with Crippen molar-refractivity contribution in [2.75, 3.05) is 7.05 Å². The van der Waals surface area contributed by atoms with Crippen molar-refractivity contribution >= 4 is 27.5 Å². The van der Waals surface area contributed by atoms with Crippen LogP contribution in [0.3, 0.4) is 0 Å². The molecule has 1 saturated carbocycles. The number of nitrogens with zero attached hydrogens (tertiary/aromatic N) is 1. The van der Waals surface area contributed by atoms with E-state index in [1.165, 1.54) is 19.2 Å². The van der Waals surface area contributed by atoms with Gasteiger partial charge in [0.2, 0.25) is 10.0 Å². The highest BCUT2D eigenvalue weighted by atomic mass is 35.5. The van der Waals surface area contributed by atoms with Crippen molar-refractivity contribution < 1.29 is 26.4 Å². The Balaban J connectivity index is 1.97. The minimum atomic E-state index is -4.86. The number of benzene rings is 2. The predicted molar refractivity (Wildman–Crippen MR) is 102 cm³/mol. The number of halogens is 4. The third kappa shape index (κ3) is 4.73. The van der Waals surface area contributed by atoms with Crippen LogP contribution in [0, 0.1) is 0 Å². The van der Waals surface area contributed by atoms with Gasteiger partial charge in [-0.05, 0) is 48.7 Å². The molecule has 1 amide bonds. The molecule has 2 aromatic rings. The van der Waals surface area contributed by atoms with E-state index in [-0.39, 0.29) is 23.5 Å². The number of rotatable bonds is 6. The zero-order chi connectivity index (χ0) is 21.4. The molecule has 5 nitrogen and oxygen atoms in total. The van der Waals surface area contributed by atoms with Gasteiger partial charge in [0.15, 0.2) is 0 Å². The summed E-state index contributed by atoms with van der Waals surface area (Å²) in [5.41, 5.74) is -0.324. The fourth-order valence-corrected chi connectivity index (χ4v) is 4.97. The van der Waals surface area contributed by atoms with Gasteiger partial charge in [-0.2, -0.15) is 17.5 Å². The van der Waals surface area contributed by atoms with Crippen molar-refractivity contribution in [3.63, 3.8) is 0 Å². The van der Waals surface area contributed by atoms with Gasteiger partial charge >= 0.3 is 6.18 Å². The Kier molecular flexibility index (Phi) is 5.93. The number of hydrogen-bond donors (Lipinski definition) is 1. The zero-order valence-corrected chi connectivity index (χ0v) is 16.9. The van der Waals surface area contributed by atoms with Crippen LogP contribution in [-0.2, 0) is 22.7 Å². The second-order valence-electron chi connectivity index (χ2n) is 6.70. The van der Waals surface area contributed by atoms with E-state index in [4.69, 9.17) is 11.6 Å². The van der Waals surface area contributed by atoms with Crippen LogP contribution >= 0.6 is 11.6 Å². The molecule has 0 aromatic heterocycles. The Hall–Kier alpha value is -2.10. The largest absolute Gasteiger partial charge is 0.417 e. The highest BCUT2D eigenvalue weighted by molar-refractivity contribution is 7.89. The van der Waals surface area contributed by atoms with Crippen LogP contribution in [0.2, 0.25) is 5.02 Å². The molecule has 156 valence electrons. The number of nitrogens with one attached hydrogen (secondary N) is 1. The zero-order valence-electron chi connectivity index (χ0n) is 15.3. The van der Waals surface area contributed by atoms with Gasteiger partial charge in [0.1, 0.15) is 0 Å². The Morgan fingerprint density at radius 3 is 2.31 bits per heavy atom. The third-order valence-electron chi connectivity index (χ3n) is 4.57. The average molecular weight is 447 g/mol. The normalized spacial score (nSPS) is 14.8. The third-order valence-corrected chi connectivity index (χ3v) is 6.76. The SMILES string of the molecule is CNC(=O)c1ccc(CN(C2CC2)S(=O)(=O)c2ccc(Cl)cc2C(F)(F)F)cc1. The molecular weight excluding hydrogens is 429 g/mol. The first-order valence-electron chi connectivity index (χ1n) is 8.73. The summed E-state index contributed by atoms with van der Waals surface area (Å²) in [7, 11) is -2.93. The minimum Gasteiger partial charge on any atom is -0.355 e. The summed E-state index contributed by atoms with van der Waals surface area (Å²) in [5.74, 6) is -0.292. The molecule has 3 rings (SSSR count). The average Bonchev–Trinajstić information content (AvgIpc) is 3.49. The Labute approximate surface area is 171 Å². The van der Waals surface area contributed by atoms with E-state index in [2.05, 4.69) is 5.32 Å². The molecule has 0 spiro atoms. The maximum Gasteiger partial charge on any atom is 0.417 e. The molecule has 2 aromatic carbocycles. The maximum absolute atomic E-state index is 13.4.